The van der Waals surface area contributed by atoms with Gasteiger partial charge in [-0.15, -0.1) is 11.3 Å². The number of thiophene rings is 1. The fraction of sp³-hybridized carbons (Fsp3) is 0.417. The number of aryl methyl sites for hydroxylation is 1. The summed E-state index contributed by atoms with van der Waals surface area (Å²) < 4.78 is 5.94. The van der Waals surface area contributed by atoms with Crippen LogP contribution in [0.25, 0.3) is 10.2 Å². The predicted molar refractivity (Wildman–Crippen MR) is 70.0 cm³/mol. The number of esters is 1. The molecule has 2 aromatic rings. The lowest BCUT2D eigenvalue weighted by Gasteiger charge is -2.11. The van der Waals surface area contributed by atoms with E-state index in [9.17, 15) is 9.59 Å². The van der Waals surface area contributed by atoms with E-state index in [4.69, 9.17) is 0 Å². The maximum absolute atomic E-state index is 12.2. The number of carbonyl (C=O) groups is 1. The Hall–Kier alpha value is -1.69. The van der Waals surface area contributed by atoms with E-state index in [-0.39, 0.29) is 5.56 Å². The van der Waals surface area contributed by atoms with Gasteiger partial charge in [-0.2, -0.15) is 0 Å². The van der Waals surface area contributed by atoms with Crippen molar-refractivity contribution in [3.8, 4) is 0 Å². The number of ether oxygens (including phenoxy) is 1. The summed E-state index contributed by atoms with van der Waals surface area (Å²) in [5.74, 6) is -0.454. The van der Waals surface area contributed by atoms with Gasteiger partial charge >= 0.3 is 5.97 Å². The van der Waals surface area contributed by atoms with Gasteiger partial charge in [-0.1, -0.05) is 6.92 Å². The van der Waals surface area contributed by atoms with Crippen LogP contribution < -0.4 is 5.56 Å². The Bertz CT molecular complexity index is 644. The van der Waals surface area contributed by atoms with Gasteiger partial charge in [-0.05, 0) is 19.4 Å². The Kier molecular flexibility index (Phi) is 3.47. The highest BCUT2D eigenvalue weighted by molar-refractivity contribution is 7.18. The molecule has 0 aliphatic heterocycles. The minimum absolute atomic E-state index is 0.200. The predicted octanol–water partition coefficient (Wildman–Crippen LogP) is 1.75. The molecule has 0 aromatic carbocycles. The minimum atomic E-state index is -0.663. The van der Waals surface area contributed by atoms with Crippen LogP contribution in [0.5, 0.6) is 0 Å². The number of carbonyl (C=O) groups excluding carboxylic acids is 1. The van der Waals surface area contributed by atoms with Crippen LogP contribution in [0, 0.1) is 0 Å². The Balaban J connectivity index is 2.57. The van der Waals surface area contributed by atoms with Crippen molar-refractivity contribution in [2.24, 2.45) is 0 Å². The molecule has 0 bridgehead atoms. The van der Waals surface area contributed by atoms with Gasteiger partial charge in [0.05, 0.1) is 18.8 Å². The summed E-state index contributed by atoms with van der Waals surface area (Å²) in [4.78, 5) is 29.7. The van der Waals surface area contributed by atoms with E-state index in [2.05, 4.69) is 9.72 Å². The Morgan fingerprint density at radius 3 is 2.94 bits per heavy atom. The van der Waals surface area contributed by atoms with Crippen molar-refractivity contribution in [1.29, 1.82) is 0 Å². The molecule has 0 saturated carbocycles. The summed E-state index contributed by atoms with van der Waals surface area (Å²) in [5.41, 5.74) is -0.200. The van der Waals surface area contributed by atoms with Gasteiger partial charge < -0.3 is 4.74 Å². The molecule has 96 valence electrons. The Morgan fingerprint density at radius 2 is 2.33 bits per heavy atom. The first-order chi connectivity index (χ1) is 8.58. The third-order valence-electron chi connectivity index (χ3n) is 2.84. The highest BCUT2D eigenvalue weighted by atomic mass is 32.1. The van der Waals surface area contributed by atoms with Crippen LogP contribution in [-0.2, 0) is 16.0 Å². The molecule has 18 heavy (non-hydrogen) atoms. The summed E-state index contributed by atoms with van der Waals surface area (Å²) in [6, 6.07) is 1.18. The number of rotatable bonds is 3. The van der Waals surface area contributed by atoms with Crippen molar-refractivity contribution in [3.05, 3.63) is 27.6 Å². The molecular weight excluding hydrogens is 252 g/mol. The standard InChI is InChI=1S/C12H14N2O3S/c1-4-8-5-9-10(18-8)13-6-14(11(9)15)7(2)12(16)17-3/h5-7H,4H2,1-3H3. The molecule has 2 aromatic heterocycles. The molecule has 0 N–H and O–H groups in total. The van der Waals surface area contributed by atoms with Crippen molar-refractivity contribution in [3.63, 3.8) is 0 Å². The van der Waals surface area contributed by atoms with Crippen molar-refractivity contribution < 1.29 is 9.53 Å². The third-order valence-corrected chi connectivity index (χ3v) is 4.02. The zero-order valence-corrected chi connectivity index (χ0v) is 11.3. The summed E-state index contributed by atoms with van der Waals surface area (Å²) in [5, 5.41) is 0.565. The molecule has 0 aliphatic carbocycles. The first-order valence-corrected chi connectivity index (χ1v) is 6.47. The van der Waals surface area contributed by atoms with E-state index in [1.807, 2.05) is 13.0 Å². The molecule has 6 heteroatoms. The molecule has 0 radical (unpaired) electrons. The van der Waals surface area contributed by atoms with Gasteiger partial charge in [0.1, 0.15) is 10.9 Å². The zero-order valence-electron chi connectivity index (χ0n) is 10.5. The second kappa shape index (κ2) is 4.89. The molecule has 1 atom stereocenters. The van der Waals surface area contributed by atoms with Gasteiger partial charge in [0, 0.05) is 4.88 Å². The molecule has 5 nitrogen and oxygen atoms in total. The second-order valence-corrected chi connectivity index (χ2v) is 5.06. The number of fused-ring (bicyclic) bond motifs is 1. The topological polar surface area (TPSA) is 61.2 Å². The van der Waals surface area contributed by atoms with Crippen molar-refractivity contribution >= 4 is 27.5 Å². The zero-order chi connectivity index (χ0) is 13.3. The lowest BCUT2D eigenvalue weighted by Crippen LogP contribution is -2.28. The van der Waals surface area contributed by atoms with Crippen molar-refractivity contribution in [2.75, 3.05) is 7.11 Å². The molecule has 0 saturated heterocycles. The molecular formula is C12H14N2O3S. The molecule has 0 fully saturated rings. The van der Waals surface area contributed by atoms with Crippen molar-refractivity contribution in [2.45, 2.75) is 26.3 Å². The maximum atomic E-state index is 12.2. The number of methoxy groups -OCH3 is 1. The average molecular weight is 266 g/mol. The number of aromatic nitrogens is 2. The van der Waals surface area contributed by atoms with E-state index >= 15 is 0 Å². The van der Waals surface area contributed by atoms with Crippen LogP contribution in [0.2, 0.25) is 0 Å². The highest BCUT2D eigenvalue weighted by Gasteiger charge is 2.18. The normalized spacial score (nSPS) is 12.6. The minimum Gasteiger partial charge on any atom is -0.467 e. The van der Waals surface area contributed by atoms with E-state index in [1.54, 1.807) is 6.92 Å². The van der Waals surface area contributed by atoms with E-state index in [0.29, 0.717) is 10.2 Å². The quantitative estimate of drug-likeness (QED) is 0.794. The number of nitrogens with zero attached hydrogens (tertiary/aromatic N) is 2. The molecule has 0 amide bonds. The summed E-state index contributed by atoms with van der Waals surface area (Å²) in [6.07, 6.45) is 2.27. The summed E-state index contributed by atoms with van der Waals surface area (Å²) >= 11 is 1.51. The monoisotopic (exact) mass is 266 g/mol. The van der Waals surface area contributed by atoms with Crippen LogP contribution in [0.4, 0.5) is 0 Å². The fourth-order valence-corrected chi connectivity index (χ4v) is 2.65. The molecule has 0 spiro atoms. The van der Waals surface area contributed by atoms with Gasteiger partial charge in [0.15, 0.2) is 0 Å². The molecule has 1 unspecified atom stereocenters. The number of hydrogen-bond donors (Lipinski definition) is 0. The van der Waals surface area contributed by atoms with Crippen LogP contribution in [0.3, 0.4) is 0 Å². The van der Waals surface area contributed by atoms with E-state index in [0.717, 1.165) is 11.3 Å². The van der Waals surface area contributed by atoms with Crippen LogP contribution in [-0.4, -0.2) is 22.6 Å². The van der Waals surface area contributed by atoms with E-state index < -0.39 is 12.0 Å². The molecule has 0 aliphatic rings. The summed E-state index contributed by atoms with van der Waals surface area (Å²) in [7, 11) is 1.30. The summed E-state index contributed by atoms with van der Waals surface area (Å²) in [6.45, 7) is 3.65. The van der Waals surface area contributed by atoms with Crippen molar-refractivity contribution in [1.82, 2.24) is 9.55 Å². The van der Waals surface area contributed by atoms with Gasteiger partial charge in [0.25, 0.3) is 5.56 Å². The van der Waals surface area contributed by atoms with E-state index in [1.165, 1.54) is 29.3 Å². The molecule has 2 heterocycles. The van der Waals surface area contributed by atoms with Gasteiger partial charge in [-0.25, -0.2) is 9.78 Å². The first kappa shape index (κ1) is 12.8. The second-order valence-electron chi connectivity index (χ2n) is 3.94. The van der Waals surface area contributed by atoms with Crippen LogP contribution >= 0.6 is 11.3 Å². The fourth-order valence-electron chi connectivity index (χ4n) is 1.72. The molecule has 2 rings (SSSR count). The average Bonchev–Trinajstić information content (AvgIpc) is 2.81. The van der Waals surface area contributed by atoms with Gasteiger partial charge in [0.2, 0.25) is 0 Å². The smallest absolute Gasteiger partial charge is 0.328 e. The largest absolute Gasteiger partial charge is 0.467 e. The Labute approximate surface area is 108 Å². The Morgan fingerprint density at radius 1 is 1.61 bits per heavy atom. The maximum Gasteiger partial charge on any atom is 0.328 e. The number of hydrogen-bond acceptors (Lipinski definition) is 5. The van der Waals surface area contributed by atoms with Crippen LogP contribution in [0.1, 0.15) is 24.8 Å². The van der Waals surface area contributed by atoms with Crippen LogP contribution in [0.15, 0.2) is 17.2 Å². The third kappa shape index (κ3) is 2.03. The lowest BCUT2D eigenvalue weighted by molar-refractivity contribution is -0.144. The lowest BCUT2D eigenvalue weighted by atomic mass is 10.3. The highest BCUT2D eigenvalue weighted by Crippen LogP contribution is 2.21. The first-order valence-electron chi connectivity index (χ1n) is 5.65. The SMILES string of the molecule is CCc1cc2c(=O)n(C(C)C(=O)OC)cnc2s1. The van der Waals surface area contributed by atoms with Gasteiger partial charge in [-0.3, -0.25) is 9.36 Å².